The topological polar surface area (TPSA) is 237 Å². The predicted molar refractivity (Wildman–Crippen MR) is 160 cm³/mol. The Labute approximate surface area is 270 Å². The number of oxime groups is 1. The molecule has 0 saturated carbocycles. The number of nitrogens with zero attached hydrogens (tertiary/aromatic N) is 5. The highest BCUT2D eigenvalue weighted by Gasteiger charge is 2.54. The molecule has 0 aliphatic carbocycles. The van der Waals surface area contributed by atoms with Gasteiger partial charge in [0.15, 0.2) is 23.1 Å². The second kappa shape index (κ2) is 13.3. The summed E-state index contributed by atoms with van der Waals surface area (Å²) in [4.78, 5) is 70.7. The maximum absolute atomic E-state index is 12.9. The number of anilines is 1. The summed E-state index contributed by atoms with van der Waals surface area (Å²) >= 11 is 2.57. The van der Waals surface area contributed by atoms with Gasteiger partial charge in [-0.2, -0.15) is 0 Å². The van der Waals surface area contributed by atoms with Crippen LogP contribution in [0.25, 0.3) is 0 Å². The average Bonchev–Trinajstić information content (AvgIpc) is 3.71. The maximum Gasteiger partial charge on any atom is 0.334 e. The van der Waals surface area contributed by atoms with E-state index < -0.39 is 47.4 Å². The lowest BCUT2D eigenvalue weighted by Gasteiger charge is -2.51. The number of thiazole rings is 1. The number of quaternary nitrogens is 1. The minimum absolute atomic E-state index is 0.0615. The zero-order chi connectivity index (χ0) is 33.3. The highest BCUT2D eigenvalue weighted by molar-refractivity contribution is 8.00. The number of carboxylic acids is 2. The molecule has 6 heterocycles. The molecule has 1 aromatic heterocycles. The van der Waals surface area contributed by atoms with Crippen molar-refractivity contribution in [2.75, 3.05) is 51.9 Å². The minimum atomic E-state index is -1.37. The number of aliphatic hydroxyl groups excluding tert-OH is 1. The molecule has 248 valence electrons. The molecule has 4 saturated heterocycles. The molecule has 6 rings (SSSR count). The van der Waals surface area contributed by atoms with Gasteiger partial charge in [-0.25, -0.2) is 9.78 Å². The lowest BCUT2D eigenvalue weighted by molar-refractivity contribution is -0.893. The number of likely N-dealkylation sites (tertiary alicyclic amines) is 1. The third kappa shape index (κ3) is 6.26. The number of hydrogen-bond donors (Lipinski definition) is 4. The number of amides is 3. The minimum Gasteiger partial charge on any atom is -0.543 e. The number of ether oxygens (including phenoxy) is 1. The van der Waals surface area contributed by atoms with Crippen LogP contribution in [-0.4, -0.2) is 135 Å². The second-order valence-corrected chi connectivity index (χ2v) is 13.3. The summed E-state index contributed by atoms with van der Waals surface area (Å²) in [6, 6.07) is -1.95. The predicted octanol–water partition coefficient (Wildman–Crippen LogP) is -2.38. The van der Waals surface area contributed by atoms with E-state index in [0.29, 0.717) is 17.9 Å². The molecule has 0 radical (unpaired) electrons. The van der Waals surface area contributed by atoms with Crippen LogP contribution in [0.5, 0.6) is 0 Å². The third-order valence-electron chi connectivity index (χ3n) is 8.20. The van der Waals surface area contributed by atoms with E-state index in [1.54, 1.807) is 5.38 Å². The number of aliphatic carboxylic acids is 2. The molecular formula is C27H33N7O10S2. The van der Waals surface area contributed by atoms with Gasteiger partial charge in [-0.1, -0.05) is 5.16 Å². The number of hydrogen-bond acceptors (Lipinski definition) is 14. The summed E-state index contributed by atoms with van der Waals surface area (Å²) in [5.41, 5.74) is 6.39. The molecule has 3 amide bonds. The maximum atomic E-state index is 12.9. The second-order valence-electron chi connectivity index (χ2n) is 11.3. The summed E-state index contributed by atoms with van der Waals surface area (Å²) < 4.78 is 5.93. The van der Waals surface area contributed by atoms with Crippen LogP contribution in [0, 0.1) is 0 Å². The molecule has 0 aromatic carbocycles. The third-order valence-corrected chi connectivity index (χ3v) is 10.2. The Morgan fingerprint density at radius 1 is 1.33 bits per heavy atom. The first-order valence-electron chi connectivity index (χ1n) is 14.3. The molecule has 46 heavy (non-hydrogen) atoms. The van der Waals surface area contributed by atoms with Crippen molar-refractivity contribution in [2.24, 2.45) is 5.16 Å². The Balaban J connectivity index is 0.000000247. The molecule has 5 N–H and O–H groups in total. The molecule has 5 aliphatic heterocycles. The average molecular weight is 680 g/mol. The number of nitrogen functional groups attached to an aromatic ring is 1. The zero-order valence-corrected chi connectivity index (χ0v) is 26.5. The SMILES string of the molecule is CO/N=C(/C(=O)N[C@@H]1C(=O)N2C(C(=O)[O-])=C(C[N+]3(C)CCCC3)CS[C@H]12)c1csc(N)n1.O=C(O)[C@H]1/C(=C/CO)O[C@@H]2CC(=O)N21. The van der Waals surface area contributed by atoms with E-state index in [1.807, 2.05) is 0 Å². The fourth-order valence-electron chi connectivity index (χ4n) is 6.07. The van der Waals surface area contributed by atoms with E-state index in [1.165, 1.54) is 34.7 Å². The molecule has 0 spiro atoms. The van der Waals surface area contributed by atoms with Crippen LogP contribution >= 0.6 is 23.1 Å². The number of carbonyl (C=O) groups is 5. The number of nitrogens with one attached hydrogen (secondary N) is 1. The summed E-state index contributed by atoms with van der Waals surface area (Å²) in [5.74, 6) is -3.28. The van der Waals surface area contributed by atoms with Crippen molar-refractivity contribution in [2.45, 2.75) is 42.9 Å². The molecular weight excluding hydrogens is 646 g/mol. The Kier molecular flexibility index (Phi) is 9.57. The Hall–Kier alpha value is -4.20. The zero-order valence-electron chi connectivity index (χ0n) is 24.9. The van der Waals surface area contributed by atoms with E-state index in [2.05, 4.69) is 22.5 Å². The quantitative estimate of drug-likeness (QED) is 0.0925. The molecule has 4 atom stereocenters. The highest BCUT2D eigenvalue weighted by Crippen LogP contribution is 2.41. The largest absolute Gasteiger partial charge is 0.543 e. The molecule has 5 aliphatic rings. The highest BCUT2D eigenvalue weighted by atomic mass is 32.2. The number of fused-ring (bicyclic) bond motifs is 2. The standard InChI is InChI=1S/C19H24N6O5S2.C8H9NO5/c1-25(5-3-4-6-25)7-10-8-31-17-13(16(27)24(17)14(10)18(28)29)22-15(26)12(23-30-2)11-9-32-19(20)21-11;10-2-1-4-7(8(12)13)9-5(11)3-6(9)14-4/h9,13,17H,3-8H2,1-2H3,(H3-,20,21,22,26,28,29);1,6-7,10H,2-3H2,(H,12,13)/b23-12+;4-1-/t13-,17-;6-,7-/m11/s1. The van der Waals surface area contributed by atoms with Gasteiger partial charge in [0.1, 0.15) is 36.5 Å². The first-order valence-corrected chi connectivity index (χ1v) is 16.2. The summed E-state index contributed by atoms with van der Waals surface area (Å²) in [7, 11) is 3.39. The fraction of sp³-hybridized carbons (Fsp3) is 0.519. The van der Waals surface area contributed by atoms with Crippen LogP contribution in [0.1, 0.15) is 25.0 Å². The van der Waals surface area contributed by atoms with Crippen molar-refractivity contribution in [3.8, 4) is 0 Å². The van der Waals surface area contributed by atoms with E-state index in [4.69, 9.17) is 25.5 Å². The first kappa shape index (κ1) is 33.2. The van der Waals surface area contributed by atoms with Crippen LogP contribution in [0.15, 0.2) is 33.6 Å². The van der Waals surface area contributed by atoms with Crippen LogP contribution in [0.4, 0.5) is 5.13 Å². The molecule has 17 nitrogen and oxygen atoms in total. The summed E-state index contributed by atoms with van der Waals surface area (Å²) in [6.07, 6.45) is 3.23. The normalized spacial score (nSPS) is 27.1. The number of β-lactam (4-membered cyclic amide) rings is 2. The molecule has 19 heteroatoms. The smallest absolute Gasteiger partial charge is 0.334 e. The van der Waals surface area contributed by atoms with Gasteiger partial charge in [0.25, 0.3) is 11.8 Å². The summed E-state index contributed by atoms with van der Waals surface area (Å²) in [5, 5.41) is 37.1. The van der Waals surface area contributed by atoms with E-state index >= 15 is 0 Å². The van der Waals surface area contributed by atoms with Crippen molar-refractivity contribution in [3.63, 3.8) is 0 Å². The number of aliphatic hydroxyl groups is 1. The number of aromatic nitrogens is 1. The Morgan fingerprint density at radius 2 is 2.04 bits per heavy atom. The molecule has 4 fully saturated rings. The van der Waals surface area contributed by atoms with Gasteiger partial charge in [0.05, 0.1) is 44.8 Å². The van der Waals surface area contributed by atoms with Crippen molar-refractivity contribution < 1.29 is 53.3 Å². The molecule has 0 unspecified atom stereocenters. The molecule has 1 aromatic rings. The lowest BCUT2D eigenvalue weighted by atomic mass is 10.0. The van der Waals surface area contributed by atoms with Gasteiger partial charge in [0, 0.05) is 29.5 Å². The van der Waals surface area contributed by atoms with Crippen molar-refractivity contribution in [1.29, 1.82) is 0 Å². The van der Waals surface area contributed by atoms with Crippen LogP contribution in [0.3, 0.4) is 0 Å². The van der Waals surface area contributed by atoms with Crippen LogP contribution in [-0.2, 0) is 33.5 Å². The Bertz CT molecular complexity index is 1540. The number of carbonyl (C=O) groups excluding carboxylic acids is 4. The van der Waals surface area contributed by atoms with Crippen molar-refractivity contribution in [1.82, 2.24) is 20.1 Å². The number of rotatable bonds is 9. The van der Waals surface area contributed by atoms with E-state index in [0.717, 1.165) is 41.8 Å². The van der Waals surface area contributed by atoms with Gasteiger partial charge < -0.3 is 45.2 Å². The van der Waals surface area contributed by atoms with Gasteiger partial charge in [-0.15, -0.1) is 23.1 Å². The van der Waals surface area contributed by atoms with E-state index in [-0.39, 0.29) is 46.9 Å². The number of thioether (sulfide) groups is 1. The number of carboxylic acid groups (broad SMARTS) is 2. The van der Waals surface area contributed by atoms with Crippen molar-refractivity contribution in [3.05, 3.63) is 34.2 Å². The number of nitrogens with two attached hydrogens (primary N) is 1. The molecule has 0 bridgehead atoms. The van der Waals surface area contributed by atoms with Gasteiger partial charge in [-0.3, -0.25) is 24.2 Å². The monoisotopic (exact) mass is 679 g/mol. The van der Waals surface area contributed by atoms with Gasteiger partial charge in [-0.05, 0) is 6.08 Å². The van der Waals surface area contributed by atoms with E-state index in [9.17, 15) is 29.1 Å². The lowest BCUT2D eigenvalue weighted by Crippen LogP contribution is -2.71. The van der Waals surface area contributed by atoms with Crippen LogP contribution < -0.4 is 16.2 Å². The van der Waals surface area contributed by atoms with Gasteiger partial charge >= 0.3 is 5.97 Å². The fourth-order valence-corrected chi connectivity index (χ4v) is 7.95. The number of likely N-dealkylation sites (N-methyl/N-ethyl adjacent to an activating group) is 1. The van der Waals surface area contributed by atoms with Gasteiger partial charge in [0.2, 0.25) is 5.91 Å². The van der Waals surface area contributed by atoms with Crippen LogP contribution in [0.2, 0.25) is 0 Å². The summed E-state index contributed by atoms with van der Waals surface area (Å²) in [6.45, 7) is 2.23. The first-order chi connectivity index (χ1) is 21.9. The van der Waals surface area contributed by atoms with Crippen molar-refractivity contribution >= 4 is 63.6 Å². The Morgan fingerprint density at radius 3 is 2.61 bits per heavy atom.